The van der Waals surface area contributed by atoms with Crippen molar-refractivity contribution in [2.45, 2.75) is 19.8 Å². The van der Waals surface area contributed by atoms with Gasteiger partial charge in [0.25, 0.3) is 0 Å². The van der Waals surface area contributed by atoms with Gasteiger partial charge in [0.2, 0.25) is 0 Å². The minimum Gasteiger partial charge on any atom is -0.497 e. The summed E-state index contributed by atoms with van der Waals surface area (Å²) in [6, 6.07) is 14.2. The van der Waals surface area contributed by atoms with Crippen LogP contribution in [0.25, 0.3) is 5.69 Å². The van der Waals surface area contributed by atoms with Crippen LogP contribution in [-0.2, 0) is 12.8 Å². The Kier molecular flexibility index (Phi) is 4.14. The average molecular weight is 354 g/mol. The molecule has 0 unspecified atom stereocenters. The lowest BCUT2D eigenvalue weighted by Gasteiger charge is -2.08. The van der Waals surface area contributed by atoms with Gasteiger partial charge in [-0.1, -0.05) is 29.8 Å². The van der Waals surface area contributed by atoms with Gasteiger partial charge < -0.3 is 10.1 Å². The molecule has 0 spiro atoms. The van der Waals surface area contributed by atoms with Gasteiger partial charge in [0.05, 0.1) is 18.5 Å². The molecule has 0 amide bonds. The predicted octanol–water partition coefficient (Wildman–Crippen LogP) is 4.40. The SMILES string of the molecule is COc1cccc(Cc2nn(-c3ccc(C)c(Cl)c3)c3c2CCN3)c1. The van der Waals surface area contributed by atoms with Gasteiger partial charge in [-0.3, -0.25) is 0 Å². The van der Waals surface area contributed by atoms with Crippen LogP contribution in [0.15, 0.2) is 42.5 Å². The second-order valence-electron chi connectivity index (χ2n) is 6.32. The molecule has 1 aromatic heterocycles. The van der Waals surface area contributed by atoms with Crippen molar-refractivity contribution < 1.29 is 4.74 Å². The number of hydrogen-bond acceptors (Lipinski definition) is 3. The van der Waals surface area contributed by atoms with Gasteiger partial charge in [-0.2, -0.15) is 5.10 Å². The first-order valence-electron chi connectivity index (χ1n) is 8.40. The highest BCUT2D eigenvalue weighted by Gasteiger charge is 2.23. The highest BCUT2D eigenvalue weighted by molar-refractivity contribution is 6.31. The lowest BCUT2D eigenvalue weighted by atomic mass is 10.1. The number of fused-ring (bicyclic) bond motifs is 1. The van der Waals surface area contributed by atoms with Crippen LogP contribution < -0.4 is 10.1 Å². The molecule has 2 aromatic carbocycles. The summed E-state index contributed by atoms with van der Waals surface area (Å²) in [5.41, 5.74) is 5.64. The number of benzene rings is 2. The van der Waals surface area contributed by atoms with Crippen LogP contribution in [0.5, 0.6) is 5.75 Å². The Hall–Kier alpha value is -2.46. The van der Waals surface area contributed by atoms with Gasteiger partial charge in [-0.25, -0.2) is 4.68 Å². The van der Waals surface area contributed by atoms with Gasteiger partial charge in [-0.15, -0.1) is 0 Å². The number of nitrogens with zero attached hydrogens (tertiary/aromatic N) is 2. The van der Waals surface area contributed by atoms with Gasteiger partial charge >= 0.3 is 0 Å². The van der Waals surface area contributed by atoms with E-state index in [1.807, 2.05) is 35.9 Å². The molecule has 0 aliphatic carbocycles. The Morgan fingerprint density at radius 1 is 1.24 bits per heavy atom. The van der Waals surface area contributed by atoms with Crippen molar-refractivity contribution in [1.82, 2.24) is 9.78 Å². The van der Waals surface area contributed by atoms with Crippen LogP contribution in [-0.4, -0.2) is 23.4 Å². The first-order chi connectivity index (χ1) is 12.2. The monoisotopic (exact) mass is 353 g/mol. The zero-order valence-electron chi connectivity index (χ0n) is 14.3. The predicted molar refractivity (Wildman–Crippen MR) is 101 cm³/mol. The molecule has 3 aromatic rings. The minimum absolute atomic E-state index is 0.758. The van der Waals surface area contributed by atoms with E-state index in [-0.39, 0.29) is 0 Å². The van der Waals surface area contributed by atoms with E-state index in [1.54, 1.807) is 7.11 Å². The quantitative estimate of drug-likeness (QED) is 0.755. The molecule has 0 saturated heterocycles. The molecule has 0 saturated carbocycles. The summed E-state index contributed by atoms with van der Waals surface area (Å²) >= 11 is 6.31. The van der Waals surface area contributed by atoms with E-state index in [1.165, 1.54) is 11.1 Å². The number of aryl methyl sites for hydroxylation is 1. The van der Waals surface area contributed by atoms with Crippen molar-refractivity contribution in [3.05, 3.63) is 69.9 Å². The van der Waals surface area contributed by atoms with Crippen molar-refractivity contribution in [3.8, 4) is 11.4 Å². The molecule has 4 rings (SSSR count). The summed E-state index contributed by atoms with van der Waals surface area (Å²) in [5.74, 6) is 1.95. The van der Waals surface area contributed by atoms with Crippen molar-refractivity contribution in [3.63, 3.8) is 0 Å². The number of ether oxygens (including phenoxy) is 1. The maximum atomic E-state index is 6.31. The first-order valence-corrected chi connectivity index (χ1v) is 8.77. The van der Waals surface area contributed by atoms with Crippen LogP contribution in [0.3, 0.4) is 0 Å². The average Bonchev–Trinajstić information content (AvgIpc) is 3.22. The van der Waals surface area contributed by atoms with E-state index in [2.05, 4.69) is 23.5 Å². The summed E-state index contributed by atoms with van der Waals surface area (Å²) < 4.78 is 7.31. The Labute approximate surface area is 152 Å². The normalized spacial score (nSPS) is 12.8. The third-order valence-corrected chi connectivity index (χ3v) is 5.05. The molecule has 0 fully saturated rings. The molecule has 0 bridgehead atoms. The summed E-state index contributed by atoms with van der Waals surface area (Å²) in [6.45, 7) is 2.95. The van der Waals surface area contributed by atoms with E-state index in [9.17, 15) is 0 Å². The molecule has 2 heterocycles. The summed E-state index contributed by atoms with van der Waals surface area (Å²) in [6.07, 6.45) is 1.78. The number of anilines is 1. The topological polar surface area (TPSA) is 39.1 Å². The summed E-state index contributed by atoms with van der Waals surface area (Å²) in [4.78, 5) is 0. The molecule has 4 nitrogen and oxygen atoms in total. The van der Waals surface area contributed by atoms with Crippen LogP contribution >= 0.6 is 11.6 Å². The van der Waals surface area contributed by atoms with Crippen LogP contribution in [0.1, 0.15) is 22.4 Å². The van der Waals surface area contributed by atoms with Crippen molar-refractivity contribution >= 4 is 17.4 Å². The third-order valence-electron chi connectivity index (χ3n) is 4.64. The number of hydrogen-bond donors (Lipinski definition) is 1. The zero-order valence-corrected chi connectivity index (χ0v) is 15.1. The Balaban J connectivity index is 1.73. The number of halogens is 1. The molecular formula is C20H20ClN3O. The standard InChI is InChI=1S/C20H20ClN3O/c1-13-6-7-15(12-18(13)21)24-20-17(8-9-22-20)19(23-24)11-14-4-3-5-16(10-14)25-2/h3-7,10,12,22H,8-9,11H2,1-2H3. The highest BCUT2D eigenvalue weighted by Crippen LogP contribution is 2.31. The third kappa shape index (κ3) is 2.98. The van der Waals surface area contributed by atoms with Gasteiger partial charge in [0, 0.05) is 23.6 Å². The zero-order chi connectivity index (χ0) is 17.4. The highest BCUT2D eigenvalue weighted by atomic mass is 35.5. The fourth-order valence-electron chi connectivity index (χ4n) is 3.26. The minimum atomic E-state index is 0.758. The lowest BCUT2D eigenvalue weighted by Crippen LogP contribution is -2.05. The molecule has 0 radical (unpaired) electrons. The smallest absolute Gasteiger partial charge is 0.133 e. The second kappa shape index (κ2) is 6.45. The van der Waals surface area contributed by atoms with E-state index in [0.717, 1.165) is 52.9 Å². The van der Waals surface area contributed by atoms with Crippen LogP contribution in [0.2, 0.25) is 5.02 Å². The Bertz CT molecular complexity index is 933. The van der Waals surface area contributed by atoms with Gasteiger partial charge in [-0.05, 0) is 48.7 Å². The molecule has 0 atom stereocenters. The number of rotatable bonds is 4. The van der Waals surface area contributed by atoms with Crippen molar-refractivity contribution in [2.75, 3.05) is 19.0 Å². The van der Waals surface area contributed by atoms with Crippen LogP contribution in [0, 0.1) is 6.92 Å². The van der Waals surface area contributed by atoms with E-state index in [4.69, 9.17) is 21.4 Å². The largest absolute Gasteiger partial charge is 0.497 e. The fraction of sp³-hybridized carbons (Fsp3) is 0.250. The first kappa shape index (κ1) is 16.0. The molecule has 128 valence electrons. The summed E-state index contributed by atoms with van der Waals surface area (Å²) in [7, 11) is 1.69. The molecule has 1 N–H and O–H groups in total. The van der Waals surface area contributed by atoms with Crippen molar-refractivity contribution in [1.29, 1.82) is 0 Å². The second-order valence-corrected chi connectivity index (χ2v) is 6.73. The Morgan fingerprint density at radius 3 is 2.92 bits per heavy atom. The van der Waals surface area contributed by atoms with Gasteiger partial charge in [0.15, 0.2) is 0 Å². The van der Waals surface area contributed by atoms with Gasteiger partial charge in [0.1, 0.15) is 11.6 Å². The molecule has 1 aliphatic heterocycles. The molecular weight excluding hydrogens is 334 g/mol. The number of methoxy groups -OCH3 is 1. The molecule has 1 aliphatic rings. The summed E-state index contributed by atoms with van der Waals surface area (Å²) in [5, 5.41) is 9.10. The lowest BCUT2D eigenvalue weighted by molar-refractivity contribution is 0.414. The number of aromatic nitrogens is 2. The maximum absolute atomic E-state index is 6.31. The molecule has 5 heteroatoms. The van der Waals surface area contributed by atoms with Crippen LogP contribution in [0.4, 0.5) is 5.82 Å². The van der Waals surface area contributed by atoms with E-state index >= 15 is 0 Å². The Morgan fingerprint density at radius 2 is 2.12 bits per heavy atom. The maximum Gasteiger partial charge on any atom is 0.133 e. The van der Waals surface area contributed by atoms with E-state index in [0.29, 0.717) is 0 Å². The fourth-order valence-corrected chi connectivity index (χ4v) is 3.44. The number of nitrogens with one attached hydrogen (secondary N) is 1. The molecule has 25 heavy (non-hydrogen) atoms. The van der Waals surface area contributed by atoms with E-state index < -0.39 is 0 Å². The van der Waals surface area contributed by atoms with Crippen molar-refractivity contribution in [2.24, 2.45) is 0 Å².